The van der Waals surface area contributed by atoms with E-state index in [1.807, 2.05) is 13.0 Å². The molecule has 4 unspecified atom stereocenters. The van der Waals surface area contributed by atoms with E-state index in [4.69, 9.17) is 9.47 Å². The largest absolute Gasteiger partial charge is 0.391 e. The van der Waals surface area contributed by atoms with Crippen LogP contribution < -0.4 is 5.32 Å². The van der Waals surface area contributed by atoms with Crippen LogP contribution in [0.4, 0.5) is 0 Å². The van der Waals surface area contributed by atoms with Crippen LogP contribution in [0.5, 0.6) is 0 Å². The summed E-state index contributed by atoms with van der Waals surface area (Å²) in [6.07, 6.45) is 14.3. The van der Waals surface area contributed by atoms with Crippen LogP contribution in [0, 0.1) is 17.3 Å². The van der Waals surface area contributed by atoms with Crippen LogP contribution in [-0.2, 0) is 19.1 Å². The molecule has 1 aliphatic rings. The summed E-state index contributed by atoms with van der Waals surface area (Å²) >= 11 is 0. The third kappa shape index (κ3) is 11.3. The zero-order valence-corrected chi connectivity index (χ0v) is 25.0. The van der Waals surface area contributed by atoms with Crippen LogP contribution in [0.2, 0.25) is 0 Å². The van der Waals surface area contributed by atoms with Crippen LogP contribution in [0.1, 0.15) is 98.8 Å². The number of aliphatic hydroxyl groups is 2. The molecule has 0 spiro atoms. The van der Waals surface area contributed by atoms with Gasteiger partial charge in [0.1, 0.15) is 6.10 Å². The van der Waals surface area contributed by atoms with Gasteiger partial charge in [-0.3, -0.25) is 9.59 Å². The maximum Gasteiger partial charge on any atom is 0.220 e. The van der Waals surface area contributed by atoms with Crippen molar-refractivity contribution >= 4 is 11.7 Å². The van der Waals surface area contributed by atoms with Crippen molar-refractivity contribution in [3.63, 3.8) is 0 Å². The Hall–Kier alpha value is -1.54. The fraction of sp³-hybridized carbons (Fsp3) is 0.806. The molecule has 0 bridgehead atoms. The molecule has 0 heterocycles. The Morgan fingerprint density at radius 1 is 1.18 bits per heavy atom. The Bertz CT molecular complexity index is 761. The molecule has 3 N–H and O–H groups in total. The summed E-state index contributed by atoms with van der Waals surface area (Å²) in [5.41, 5.74) is -0.792. The van der Waals surface area contributed by atoms with Crippen molar-refractivity contribution in [1.29, 1.82) is 0 Å². The minimum Gasteiger partial charge on any atom is -0.391 e. The van der Waals surface area contributed by atoms with Gasteiger partial charge in [0, 0.05) is 32.1 Å². The lowest BCUT2D eigenvalue weighted by atomic mass is 9.68. The van der Waals surface area contributed by atoms with Crippen molar-refractivity contribution < 1.29 is 29.3 Å². The van der Waals surface area contributed by atoms with Crippen molar-refractivity contribution in [2.45, 2.75) is 123 Å². The fourth-order valence-corrected chi connectivity index (χ4v) is 5.27. The number of allylic oxidation sites excluding steroid dienone is 1. The van der Waals surface area contributed by atoms with Crippen molar-refractivity contribution in [3.05, 3.63) is 23.8 Å². The van der Waals surface area contributed by atoms with Gasteiger partial charge in [0.25, 0.3) is 0 Å². The topological polar surface area (TPSA) is 105 Å². The lowest BCUT2D eigenvalue weighted by Crippen LogP contribution is -2.52. The number of carbonyl (C=O) groups is 2. The summed E-state index contributed by atoms with van der Waals surface area (Å²) < 4.78 is 10.9. The van der Waals surface area contributed by atoms with E-state index in [-0.39, 0.29) is 42.3 Å². The predicted molar refractivity (Wildman–Crippen MR) is 153 cm³/mol. The normalized spacial score (nSPS) is 22.7. The molecule has 0 aromatic carbocycles. The quantitative estimate of drug-likeness (QED) is 0.156. The smallest absolute Gasteiger partial charge is 0.220 e. The Balaban J connectivity index is 2.53. The number of aliphatic hydroxyl groups excluding tert-OH is 2. The zero-order valence-electron chi connectivity index (χ0n) is 25.0. The minimum absolute atomic E-state index is 0.0665. The second-order valence-corrected chi connectivity index (χ2v) is 11.7. The monoisotopic (exact) mass is 537 g/mol. The predicted octanol–water partition coefficient (Wildman–Crippen LogP) is 5.14. The number of Topliss-reactive ketones (excluding diaryl/α,β-unsaturated/α-hetero) is 1. The van der Waals surface area contributed by atoms with Gasteiger partial charge in [0.15, 0.2) is 5.78 Å². The molecule has 38 heavy (non-hydrogen) atoms. The van der Waals surface area contributed by atoms with Gasteiger partial charge in [0.05, 0.1) is 30.3 Å². The number of hydrogen-bond acceptors (Lipinski definition) is 6. The van der Waals surface area contributed by atoms with E-state index in [9.17, 15) is 19.8 Å². The van der Waals surface area contributed by atoms with Gasteiger partial charge in [-0.2, -0.15) is 0 Å². The van der Waals surface area contributed by atoms with Crippen LogP contribution >= 0.6 is 0 Å². The van der Waals surface area contributed by atoms with Gasteiger partial charge in [0.2, 0.25) is 5.91 Å². The number of carbonyl (C=O) groups excluding carboxylic acids is 2. The highest BCUT2D eigenvalue weighted by molar-refractivity contribution is 6.01. The highest BCUT2D eigenvalue weighted by Gasteiger charge is 2.46. The molecule has 7 nitrogen and oxygen atoms in total. The molecule has 0 saturated heterocycles. The molecule has 0 aliphatic heterocycles. The van der Waals surface area contributed by atoms with E-state index < -0.39 is 23.7 Å². The highest BCUT2D eigenvalue weighted by Crippen LogP contribution is 2.37. The van der Waals surface area contributed by atoms with Gasteiger partial charge >= 0.3 is 0 Å². The van der Waals surface area contributed by atoms with Crippen molar-refractivity contribution in [3.8, 4) is 0 Å². The second kappa shape index (κ2) is 17.9. The number of hydrogen-bond donors (Lipinski definition) is 3. The third-order valence-electron chi connectivity index (χ3n) is 7.82. The first-order chi connectivity index (χ1) is 18.0. The van der Waals surface area contributed by atoms with Gasteiger partial charge < -0.3 is 25.0 Å². The van der Waals surface area contributed by atoms with E-state index in [0.29, 0.717) is 12.3 Å². The molecule has 0 fully saturated rings. The number of methoxy groups -OCH3 is 2. The summed E-state index contributed by atoms with van der Waals surface area (Å²) in [5, 5.41) is 24.2. The molecule has 220 valence electrons. The molecule has 6 atom stereocenters. The number of unbranched alkanes of at least 4 members (excludes halogenated alkanes) is 4. The fourth-order valence-electron chi connectivity index (χ4n) is 5.27. The molecular weight excluding hydrogens is 482 g/mol. The van der Waals surface area contributed by atoms with Gasteiger partial charge in [-0.25, -0.2) is 0 Å². The van der Waals surface area contributed by atoms with Crippen LogP contribution in [-0.4, -0.2) is 67.1 Å². The lowest BCUT2D eigenvalue weighted by Gasteiger charge is -2.39. The van der Waals surface area contributed by atoms with E-state index >= 15 is 0 Å². The highest BCUT2D eigenvalue weighted by atomic mass is 16.5. The third-order valence-corrected chi connectivity index (χ3v) is 7.82. The lowest BCUT2D eigenvalue weighted by molar-refractivity contribution is -0.134. The summed E-state index contributed by atoms with van der Waals surface area (Å²) in [7, 11) is 3.25. The summed E-state index contributed by atoms with van der Waals surface area (Å²) in [6.45, 7) is 9.77. The average molecular weight is 538 g/mol. The SMILES string of the molecule is CCCCCCCC(C)CC(C/C=C/CCC(=O)NC(COC)C(O)C1=C[C@H](C)[C@@H](O)C(C)(C)C1=O)OC. The maximum atomic E-state index is 13.0. The number of rotatable bonds is 19. The molecule has 0 saturated carbocycles. The van der Waals surface area contributed by atoms with Crippen LogP contribution in [0.25, 0.3) is 0 Å². The Morgan fingerprint density at radius 3 is 2.50 bits per heavy atom. The molecule has 7 heteroatoms. The summed E-state index contributed by atoms with van der Waals surface area (Å²) in [4.78, 5) is 25.6. The van der Waals surface area contributed by atoms with Crippen LogP contribution in [0.15, 0.2) is 23.8 Å². The van der Waals surface area contributed by atoms with E-state index in [2.05, 4.69) is 25.2 Å². The molecule has 0 aromatic heterocycles. The number of ketones is 1. The number of nitrogens with one attached hydrogen (secondary N) is 1. The summed E-state index contributed by atoms with van der Waals surface area (Å²) in [6, 6.07) is -0.758. The van der Waals surface area contributed by atoms with Gasteiger partial charge in [-0.05, 0) is 25.2 Å². The Labute approximate surface area is 231 Å². The first-order valence-electron chi connectivity index (χ1n) is 14.6. The van der Waals surface area contributed by atoms with E-state index in [1.165, 1.54) is 45.6 Å². The van der Waals surface area contributed by atoms with Gasteiger partial charge in [-0.1, -0.05) is 91.4 Å². The summed E-state index contributed by atoms with van der Waals surface area (Å²) in [5.74, 6) is -0.187. The maximum absolute atomic E-state index is 13.0. The molecule has 1 aliphatic carbocycles. The van der Waals surface area contributed by atoms with Gasteiger partial charge in [-0.15, -0.1) is 0 Å². The standard InChI is InChI=1S/C31H55NO6/c1-8-9-10-11-13-16-22(2)19-24(38-7)17-14-12-15-18-27(33)32-26(21-37-6)28(34)25-20-23(3)29(35)31(4,5)30(25)36/h12,14,20,22-24,26,28-29,34-35H,8-11,13,15-19,21H2,1-7H3,(H,32,33)/b14-12+/t22?,23-,24?,26?,28?,29+/m0/s1. The molecular formula is C31H55NO6. The minimum atomic E-state index is -1.22. The number of amides is 1. The Morgan fingerprint density at radius 2 is 1.87 bits per heavy atom. The zero-order chi connectivity index (χ0) is 28.7. The van der Waals surface area contributed by atoms with E-state index in [1.54, 1.807) is 27.0 Å². The first-order valence-corrected chi connectivity index (χ1v) is 14.6. The van der Waals surface area contributed by atoms with Crippen molar-refractivity contribution in [2.75, 3.05) is 20.8 Å². The second-order valence-electron chi connectivity index (χ2n) is 11.7. The van der Waals surface area contributed by atoms with Crippen molar-refractivity contribution in [2.24, 2.45) is 17.3 Å². The molecule has 1 amide bonds. The average Bonchev–Trinajstić information content (AvgIpc) is 2.88. The van der Waals surface area contributed by atoms with Crippen molar-refractivity contribution in [1.82, 2.24) is 5.32 Å². The molecule has 0 aromatic rings. The number of ether oxygens (including phenoxy) is 2. The first kappa shape index (κ1) is 34.5. The van der Waals surface area contributed by atoms with E-state index in [0.717, 1.165) is 12.8 Å². The Kier molecular flexibility index (Phi) is 16.3. The molecule has 0 radical (unpaired) electrons. The molecule has 1 rings (SSSR count). The van der Waals surface area contributed by atoms with Crippen LogP contribution in [0.3, 0.4) is 0 Å².